The Morgan fingerprint density at radius 1 is 1.00 bits per heavy atom. The molecule has 4 aromatic rings. The van der Waals surface area contributed by atoms with E-state index in [9.17, 15) is 19.5 Å². The number of rotatable bonds is 3. The topological polar surface area (TPSA) is 235 Å². The number of alkyl halides is 1. The molecule has 2 saturated heterocycles. The largest absolute Gasteiger partial charge is 0.472 e. The first-order chi connectivity index (χ1) is 22.7. The highest BCUT2D eigenvalue weighted by Crippen LogP contribution is 2.50. The number of nitrogens with one attached hydrogen (secondary N) is 2. The Morgan fingerprint density at radius 2 is 1.64 bits per heavy atom. The molecule has 9 atom stereocenters. The quantitative estimate of drug-likeness (QED) is 0.147. The van der Waals surface area contributed by atoms with E-state index in [1.54, 1.807) is 4.57 Å². The highest BCUT2D eigenvalue weighted by atomic mass is 32.4. The van der Waals surface area contributed by atoms with Crippen molar-refractivity contribution in [2.75, 3.05) is 36.9 Å². The van der Waals surface area contributed by atoms with Gasteiger partial charge in [-0.2, -0.15) is 0 Å². The molecule has 4 unspecified atom stereocenters. The summed E-state index contributed by atoms with van der Waals surface area (Å²) in [7, 11) is -7.71. The van der Waals surface area contributed by atoms with Gasteiger partial charge in [0.05, 0.1) is 25.9 Å². The number of ether oxygens (including phenoxy) is 2. The fourth-order valence-corrected chi connectivity index (χ4v) is 7.47. The van der Waals surface area contributed by atoms with Gasteiger partial charge in [-0.25, -0.2) is 38.9 Å². The highest BCUT2D eigenvalue weighted by Gasteiger charge is 2.49. The third-order valence-corrected chi connectivity index (χ3v) is 9.55. The maximum absolute atomic E-state index is 15.9. The monoisotopic (exact) mass is 714 g/mol. The van der Waals surface area contributed by atoms with Gasteiger partial charge in [0, 0.05) is 19.5 Å². The molecule has 0 aliphatic carbocycles. The SMILES string of the molecule is O=P1(O)OC[C@H]2O[C@H]([C@H](F)[C@@H]2O[PH](O)=S)n2cnc3c(ncnc32)NC/C=C/CNc2ncnc3c2ncn3C2C[C@H](O1)C(CO)O2. The van der Waals surface area contributed by atoms with Crippen LogP contribution < -0.4 is 10.6 Å². The van der Waals surface area contributed by atoms with E-state index in [0.29, 0.717) is 41.4 Å². The molecule has 3 aliphatic rings. The number of hydrogen-bond acceptors (Lipinski definition) is 16. The average molecular weight is 715 g/mol. The van der Waals surface area contributed by atoms with Crippen molar-refractivity contribution in [3.05, 3.63) is 37.5 Å². The standard InChI is InChI=1S/C24H29FN10O9P2S/c25-16-19(43-45(37)47)14-7-40-46(38,39)44-12-5-15(41-13(12)6-36)34-10-32-17-20(28-8-30-22(17)34)26-3-1-2-4-27-21-18-23(31-9-29-21)35(11-33-18)24(16)42-14/h1-2,8-16,19,24,36,45H,3-7H2,(H,37,47)(H,38,39)(H,26,28,30)(H,27,29,31)/b2-1+/t12-,13?,14+,15?,16+,19+,24+/m0/s1. The zero-order valence-corrected chi connectivity index (χ0v) is 26.9. The lowest BCUT2D eigenvalue weighted by Gasteiger charge is -2.22. The molecule has 0 saturated carbocycles. The molecule has 47 heavy (non-hydrogen) atoms. The molecule has 7 heterocycles. The molecule has 2 fully saturated rings. The van der Waals surface area contributed by atoms with E-state index in [2.05, 4.69) is 40.5 Å². The summed E-state index contributed by atoms with van der Waals surface area (Å²) in [4.78, 5) is 46.4. The normalized spacial score (nSPS) is 33.1. The van der Waals surface area contributed by atoms with Crippen molar-refractivity contribution in [3.8, 4) is 0 Å². The zero-order chi connectivity index (χ0) is 32.7. The first kappa shape index (κ1) is 32.5. The van der Waals surface area contributed by atoms with E-state index >= 15 is 4.39 Å². The molecule has 3 aliphatic heterocycles. The minimum Gasteiger partial charge on any atom is -0.394 e. The molecular weight excluding hydrogens is 685 g/mol. The molecule has 4 aromatic heterocycles. The van der Waals surface area contributed by atoms with Crippen LogP contribution in [-0.2, 0) is 39.4 Å². The van der Waals surface area contributed by atoms with E-state index in [-0.39, 0.29) is 12.1 Å². The maximum atomic E-state index is 15.9. The van der Waals surface area contributed by atoms with Crippen LogP contribution in [0.25, 0.3) is 22.3 Å². The van der Waals surface area contributed by atoms with Gasteiger partial charge in [0.15, 0.2) is 53.5 Å². The summed E-state index contributed by atoms with van der Waals surface area (Å²) in [5.41, 5.74) is 1.45. The van der Waals surface area contributed by atoms with Gasteiger partial charge in [0.25, 0.3) is 0 Å². The fourth-order valence-electron chi connectivity index (χ4n) is 5.66. The summed E-state index contributed by atoms with van der Waals surface area (Å²) in [6.07, 6.45) is 0.282. The Labute approximate surface area is 270 Å². The third-order valence-electron chi connectivity index (χ3n) is 7.78. The lowest BCUT2D eigenvalue weighted by molar-refractivity contribution is -0.0547. The zero-order valence-electron chi connectivity index (χ0n) is 24.1. The third kappa shape index (κ3) is 6.53. The second kappa shape index (κ2) is 13.4. The summed E-state index contributed by atoms with van der Waals surface area (Å²) >= 11 is 4.80. The van der Waals surface area contributed by atoms with E-state index in [0.717, 1.165) is 0 Å². The Balaban J connectivity index is 1.21. The van der Waals surface area contributed by atoms with Crippen molar-refractivity contribution >= 4 is 60.7 Å². The van der Waals surface area contributed by atoms with Crippen LogP contribution in [-0.4, -0.2) is 111 Å². The summed E-state index contributed by atoms with van der Waals surface area (Å²) < 4.78 is 59.8. The Kier molecular flexibility index (Phi) is 9.29. The van der Waals surface area contributed by atoms with Gasteiger partial charge < -0.3 is 39.5 Å². The van der Waals surface area contributed by atoms with Gasteiger partial charge in [0.1, 0.15) is 43.3 Å². The van der Waals surface area contributed by atoms with Crippen LogP contribution in [0.2, 0.25) is 0 Å². The van der Waals surface area contributed by atoms with Crippen LogP contribution >= 0.6 is 15.0 Å². The van der Waals surface area contributed by atoms with Gasteiger partial charge in [0.2, 0.25) is 0 Å². The smallest absolute Gasteiger partial charge is 0.394 e. The summed E-state index contributed by atoms with van der Waals surface area (Å²) in [6.45, 7) is -0.454. The predicted octanol–water partition coefficient (Wildman–Crippen LogP) is 0.961. The van der Waals surface area contributed by atoms with E-state index in [1.165, 1.54) is 29.9 Å². The number of aromatic nitrogens is 8. The number of aliphatic hydroxyl groups is 1. The molecule has 19 nitrogen and oxygen atoms in total. The van der Waals surface area contributed by atoms with Crippen molar-refractivity contribution in [1.29, 1.82) is 0 Å². The van der Waals surface area contributed by atoms with Crippen molar-refractivity contribution in [1.82, 2.24) is 39.0 Å². The number of halogens is 1. The van der Waals surface area contributed by atoms with Gasteiger partial charge >= 0.3 is 7.82 Å². The van der Waals surface area contributed by atoms with E-state index in [1.807, 2.05) is 12.2 Å². The molecule has 0 amide bonds. The minimum atomic E-state index is -4.86. The van der Waals surface area contributed by atoms with Crippen LogP contribution in [0.4, 0.5) is 16.0 Å². The molecule has 23 heteroatoms. The van der Waals surface area contributed by atoms with Gasteiger partial charge in [-0.15, -0.1) is 0 Å². The number of hydrogen-bond donors (Lipinski definition) is 5. The number of aliphatic hydroxyl groups excluding tert-OH is 1. The van der Waals surface area contributed by atoms with E-state index in [4.69, 9.17) is 34.9 Å². The predicted molar refractivity (Wildman–Crippen MR) is 165 cm³/mol. The van der Waals surface area contributed by atoms with Crippen LogP contribution in [0, 0.1) is 0 Å². The number of phosphoric ester groups is 1. The number of anilines is 2. The first-order valence-electron chi connectivity index (χ1n) is 14.3. The van der Waals surface area contributed by atoms with Gasteiger partial charge in [-0.3, -0.25) is 18.2 Å². The number of phosphoric acid groups is 1. The molecule has 0 radical (unpaired) electrons. The highest BCUT2D eigenvalue weighted by molar-refractivity contribution is 8.00. The maximum Gasteiger partial charge on any atom is 0.472 e. The molecule has 7 rings (SSSR count). The van der Waals surface area contributed by atoms with Crippen LogP contribution in [0.1, 0.15) is 18.9 Å². The average Bonchev–Trinajstić information content (AvgIpc) is 3.82. The van der Waals surface area contributed by atoms with E-state index < -0.39 is 71.2 Å². The molecule has 0 aromatic carbocycles. The minimum absolute atomic E-state index is 0.0250. The van der Waals surface area contributed by atoms with Crippen molar-refractivity contribution in [2.24, 2.45) is 0 Å². The summed E-state index contributed by atoms with van der Waals surface area (Å²) in [6, 6.07) is 0. The number of imidazole rings is 2. The number of nitrogens with zero attached hydrogens (tertiary/aromatic N) is 8. The molecule has 5 N–H and O–H groups in total. The number of fused-ring (bicyclic) bond motifs is 6. The lowest BCUT2D eigenvalue weighted by Crippen LogP contribution is -2.33. The van der Waals surface area contributed by atoms with Crippen LogP contribution in [0.15, 0.2) is 37.5 Å². The van der Waals surface area contributed by atoms with Crippen LogP contribution in [0.5, 0.6) is 0 Å². The molecular formula is C24H29FN10O9P2S. The second-order valence-corrected chi connectivity index (χ2v) is 13.9. The summed E-state index contributed by atoms with van der Waals surface area (Å²) in [5.74, 6) is 0.852. The van der Waals surface area contributed by atoms with Crippen LogP contribution in [0.3, 0.4) is 0 Å². The molecule has 0 spiro atoms. The Bertz CT molecular complexity index is 1870. The molecule has 12 bridgehead atoms. The Morgan fingerprint density at radius 3 is 2.28 bits per heavy atom. The molecule has 252 valence electrons. The van der Waals surface area contributed by atoms with Gasteiger partial charge in [-0.1, -0.05) is 12.2 Å². The fraction of sp³-hybridized carbons (Fsp3) is 0.500. The van der Waals surface area contributed by atoms with Gasteiger partial charge in [-0.05, 0) is 11.8 Å². The Hall–Kier alpha value is -3.07. The summed E-state index contributed by atoms with van der Waals surface area (Å²) in [5, 5.41) is 16.3. The lowest BCUT2D eigenvalue weighted by atomic mass is 10.1. The first-order valence-corrected chi connectivity index (χ1v) is 18.3. The van der Waals surface area contributed by atoms with Crippen molar-refractivity contribution in [3.63, 3.8) is 0 Å². The second-order valence-electron chi connectivity index (χ2n) is 10.6. The van der Waals surface area contributed by atoms with Crippen molar-refractivity contribution in [2.45, 2.75) is 49.5 Å². The van der Waals surface area contributed by atoms with Crippen molar-refractivity contribution < 1.29 is 46.9 Å².